The van der Waals surface area contributed by atoms with Crippen LogP contribution in [0.15, 0.2) is 48.2 Å². The van der Waals surface area contributed by atoms with Crippen molar-refractivity contribution in [3.63, 3.8) is 0 Å². The third-order valence-electron chi connectivity index (χ3n) is 4.08. The minimum Gasteiger partial charge on any atom is -0.433 e. The highest BCUT2D eigenvalue weighted by Crippen LogP contribution is 2.34. The summed E-state index contributed by atoms with van der Waals surface area (Å²) in [4.78, 5) is 1.95. The molecule has 1 aromatic carbocycles. The number of hydrogen-bond donors (Lipinski definition) is 1. The quantitative estimate of drug-likeness (QED) is 0.649. The number of alkyl halides is 2. The second-order valence-electron chi connectivity index (χ2n) is 6.85. The molecule has 0 spiro atoms. The molecule has 146 valence electrons. The van der Waals surface area contributed by atoms with Crippen LogP contribution < -0.4 is 9.64 Å². The lowest BCUT2D eigenvalue weighted by Gasteiger charge is -2.32. The molecule has 0 bridgehead atoms. The first-order valence-electron chi connectivity index (χ1n) is 9.03. The lowest BCUT2D eigenvalue weighted by Crippen LogP contribution is -2.29. The van der Waals surface area contributed by atoms with Gasteiger partial charge < -0.3 is 14.7 Å². The maximum atomic E-state index is 12.8. The van der Waals surface area contributed by atoms with E-state index in [0.717, 1.165) is 29.8 Å². The number of aliphatic hydroxyl groups excluding tert-OH is 1. The lowest BCUT2D eigenvalue weighted by molar-refractivity contribution is -0.158. The molecule has 1 aliphatic rings. The minimum absolute atomic E-state index is 0.129. The summed E-state index contributed by atoms with van der Waals surface area (Å²) in [6, 6.07) is 6.50. The Hall–Kier alpha value is -1.88. The number of hydrogen-bond acceptors (Lipinski definition) is 3. The summed E-state index contributed by atoms with van der Waals surface area (Å²) in [5, 5.41) is 9.36. The Balaban J connectivity index is 0.00000105. The van der Waals surface area contributed by atoms with Gasteiger partial charge in [0, 0.05) is 25.4 Å². The predicted octanol–water partition coefficient (Wildman–Crippen LogP) is 5.76. The molecule has 0 unspecified atom stereocenters. The van der Waals surface area contributed by atoms with E-state index in [9.17, 15) is 13.9 Å². The van der Waals surface area contributed by atoms with Crippen molar-refractivity contribution >= 4 is 5.69 Å². The molecule has 26 heavy (non-hydrogen) atoms. The fourth-order valence-electron chi connectivity index (χ4n) is 2.52. The van der Waals surface area contributed by atoms with Crippen molar-refractivity contribution in [2.75, 3.05) is 11.9 Å². The van der Waals surface area contributed by atoms with Crippen LogP contribution in [-0.2, 0) is 0 Å². The Labute approximate surface area is 156 Å². The molecule has 0 radical (unpaired) electrons. The monoisotopic (exact) mass is 367 g/mol. The van der Waals surface area contributed by atoms with Gasteiger partial charge in [-0.3, -0.25) is 0 Å². The van der Waals surface area contributed by atoms with Gasteiger partial charge in [-0.05, 0) is 56.0 Å². The van der Waals surface area contributed by atoms with E-state index in [2.05, 4.69) is 25.2 Å². The van der Waals surface area contributed by atoms with Crippen molar-refractivity contribution < 1.29 is 18.6 Å². The molecule has 0 aromatic heterocycles. The Morgan fingerprint density at radius 3 is 2.23 bits per heavy atom. The number of ether oxygens (including phenoxy) is 1. The first-order chi connectivity index (χ1) is 12.1. The van der Waals surface area contributed by atoms with Crippen LogP contribution in [-0.4, -0.2) is 24.4 Å². The van der Waals surface area contributed by atoms with Crippen LogP contribution in [0.3, 0.4) is 0 Å². The average molecular weight is 367 g/mol. The zero-order valence-electron chi connectivity index (χ0n) is 16.4. The van der Waals surface area contributed by atoms with E-state index in [-0.39, 0.29) is 11.9 Å². The van der Waals surface area contributed by atoms with Crippen LogP contribution in [0.1, 0.15) is 47.0 Å². The van der Waals surface area contributed by atoms with Crippen LogP contribution in [0, 0.1) is 5.92 Å². The molecule has 0 saturated heterocycles. The van der Waals surface area contributed by atoms with Gasteiger partial charge in [-0.2, -0.15) is 8.78 Å². The summed E-state index contributed by atoms with van der Waals surface area (Å²) in [6.45, 7) is 11.0. The normalized spacial score (nSPS) is 19.8. The first-order valence-corrected chi connectivity index (χ1v) is 9.03. The molecule has 0 heterocycles. The molecule has 5 heteroatoms. The van der Waals surface area contributed by atoms with Gasteiger partial charge in [0.05, 0.1) is 6.10 Å². The number of benzene rings is 1. The van der Waals surface area contributed by atoms with Crippen LogP contribution in [0.2, 0.25) is 0 Å². The molecule has 1 saturated carbocycles. The van der Waals surface area contributed by atoms with Crippen molar-refractivity contribution in [2.45, 2.75) is 59.2 Å². The van der Waals surface area contributed by atoms with Gasteiger partial charge in [0.1, 0.15) is 5.75 Å². The van der Waals surface area contributed by atoms with Gasteiger partial charge in [0.25, 0.3) is 0 Å². The highest BCUT2D eigenvalue weighted by molar-refractivity contribution is 5.53. The first kappa shape index (κ1) is 22.2. The molecule has 1 aliphatic carbocycles. The second-order valence-corrected chi connectivity index (χ2v) is 6.85. The second kappa shape index (κ2) is 9.72. The van der Waals surface area contributed by atoms with Crippen molar-refractivity contribution in [3.05, 3.63) is 48.2 Å². The van der Waals surface area contributed by atoms with E-state index in [1.807, 2.05) is 24.9 Å². The van der Waals surface area contributed by atoms with Crippen molar-refractivity contribution in [3.8, 4) is 5.75 Å². The van der Waals surface area contributed by atoms with Crippen LogP contribution in [0.5, 0.6) is 5.75 Å². The van der Waals surface area contributed by atoms with Crippen LogP contribution in [0.4, 0.5) is 14.5 Å². The molecule has 0 aliphatic heterocycles. The third kappa shape index (κ3) is 7.16. The van der Waals surface area contributed by atoms with Crippen molar-refractivity contribution in [2.24, 2.45) is 5.92 Å². The van der Waals surface area contributed by atoms with Gasteiger partial charge in [-0.1, -0.05) is 32.4 Å². The maximum Gasteiger partial charge on any atom is 0.394 e. The van der Waals surface area contributed by atoms with Crippen LogP contribution >= 0.6 is 0 Å². The predicted molar refractivity (Wildman–Crippen MR) is 104 cm³/mol. The topological polar surface area (TPSA) is 32.7 Å². The van der Waals surface area contributed by atoms with E-state index < -0.39 is 6.11 Å². The molecule has 0 amide bonds. The van der Waals surface area contributed by atoms with E-state index in [1.165, 1.54) is 18.6 Å². The Kier molecular flexibility index (Phi) is 8.28. The van der Waals surface area contributed by atoms with Gasteiger partial charge in [0.15, 0.2) is 0 Å². The van der Waals surface area contributed by atoms with Gasteiger partial charge >= 0.3 is 6.11 Å². The molecule has 1 N–H and O–H groups in total. The number of nitrogens with zero attached hydrogens (tertiary/aromatic N) is 1. The summed E-state index contributed by atoms with van der Waals surface area (Å²) < 4.78 is 30.1. The minimum atomic E-state index is -3.19. The van der Waals surface area contributed by atoms with Crippen molar-refractivity contribution in [1.82, 2.24) is 0 Å². The molecule has 2 rings (SSSR count). The largest absolute Gasteiger partial charge is 0.433 e. The highest BCUT2D eigenvalue weighted by Gasteiger charge is 2.28. The van der Waals surface area contributed by atoms with E-state index in [0.29, 0.717) is 12.8 Å². The zero-order valence-corrected chi connectivity index (χ0v) is 16.4. The SMILES string of the molecule is C=C(/C=C(/C)N(C)c1ccc(OC(C)(F)F)cc1)C1CC(O)C1.CCC. The smallest absolute Gasteiger partial charge is 0.394 e. The Bertz CT molecular complexity index is 599. The fraction of sp³-hybridized carbons (Fsp3) is 0.524. The number of halogens is 2. The fourth-order valence-corrected chi connectivity index (χ4v) is 2.52. The Morgan fingerprint density at radius 1 is 1.31 bits per heavy atom. The number of allylic oxidation sites excluding steroid dienone is 3. The standard InChI is InChI=1S/C18H23F2NO2.C3H8/c1-12(14-10-16(22)11-14)9-13(2)21(4)15-5-7-17(8-6-15)23-18(3,19)20;1-3-2/h5-9,14,16,22H,1,10-11H2,2-4H3;3H2,1-2H3/b13-9-;. The number of anilines is 1. The number of rotatable bonds is 6. The highest BCUT2D eigenvalue weighted by atomic mass is 19.3. The van der Waals surface area contributed by atoms with Crippen LogP contribution in [0.25, 0.3) is 0 Å². The molecule has 0 atom stereocenters. The third-order valence-corrected chi connectivity index (χ3v) is 4.08. The summed E-state index contributed by atoms with van der Waals surface area (Å²) in [6.07, 6.45) is 1.40. The van der Waals surface area contributed by atoms with E-state index in [1.54, 1.807) is 12.1 Å². The molecule has 1 fully saturated rings. The van der Waals surface area contributed by atoms with Gasteiger partial charge in [0.2, 0.25) is 0 Å². The lowest BCUT2D eigenvalue weighted by atomic mass is 9.77. The molecular weight excluding hydrogens is 336 g/mol. The molecular formula is C21H31F2NO2. The maximum absolute atomic E-state index is 12.8. The molecule has 3 nitrogen and oxygen atoms in total. The number of aliphatic hydroxyl groups is 1. The van der Waals surface area contributed by atoms with Gasteiger partial charge in [-0.25, -0.2) is 0 Å². The van der Waals surface area contributed by atoms with Gasteiger partial charge in [-0.15, -0.1) is 0 Å². The Morgan fingerprint density at radius 2 is 1.81 bits per heavy atom. The van der Waals surface area contributed by atoms with E-state index in [4.69, 9.17) is 0 Å². The summed E-state index contributed by atoms with van der Waals surface area (Å²) in [7, 11) is 1.90. The summed E-state index contributed by atoms with van der Waals surface area (Å²) in [5.41, 5.74) is 2.86. The summed E-state index contributed by atoms with van der Waals surface area (Å²) >= 11 is 0. The zero-order chi connectivity index (χ0) is 19.9. The summed E-state index contributed by atoms with van der Waals surface area (Å²) in [5.74, 6) is 0.472. The average Bonchev–Trinajstić information content (AvgIpc) is 2.51. The van der Waals surface area contributed by atoms with Crippen molar-refractivity contribution in [1.29, 1.82) is 0 Å². The van der Waals surface area contributed by atoms with E-state index >= 15 is 0 Å². The molecule has 1 aromatic rings.